The van der Waals surface area contributed by atoms with E-state index in [1.54, 1.807) is 12.1 Å². The maximum atomic E-state index is 14.2. The zero-order chi connectivity index (χ0) is 17.5. The lowest BCUT2D eigenvalue weighted by Crippen LogP contribution is -2.30. The fraction of sp³-hybridized carbons (Fsp3) is 0.400. The number of aryl methyl sites for hydroxylation is 2. The molecule has 6 heteroatoms. The molecule has 3 aromatic rings. The molecule has 0 atom stereocenters. The van der Waals surface area contributed by atoms with Gasteiger partial charge in [-0.05, 0) is 37.8 Å². The Balaban J connectivity index is 1.39. The lowest BCUT2D eigenvalue weighted by molar-refractivity contribution is 0.244. The zero-order valence-corrected chi connectivity index (χ0v) is 15.4. The Kier molecular flexibility index (Phi) is 4.10. The highest BCUT2D eigenvalue weighted by molar-refractivity contribution is 7.11. The molecule has 0 spiro atoms. The number of thiazole rings is 1. The van der Waals surface area contributed by atoms with E-state index >= 15 is 0 Å². The molecule has 26 heavy (non-hydrogen) atoms. The van der Waals surface area contributed by atoms with Gasteiger partial charge in [0.2, 0.25) is 0 Å². The van der Waals surface area contributed by atoms with Gasteiger partial charge in [0.05, 0.1) is 17.9 Å². The number of nitrogens with one attached hydrogen (secondary N) is 1. The Morgan fingerprint density at radius 2 is 2.04 bits per heavy atom. The molecule has 2 aromatic heterocycles. The summed E-state index contributed by atoms with van der Waals surface area (Å²) in [6, 6.07) is 6.88. The molecule has 134 valence electrons. The van der Waals surface area contributed by atoms with E-state index in [1.165, 1.54) is 40.9 Å². The summed E-state index contributed by atoms with van der Waals surface area (Å²) >= 11 is 1.88. The van der Waals surface area contributed by atoms with Gasteiger partial charge in [-0.25, -0.2) is 9.37 Å². The second-order valence-electron chi connectivity index (χ2n) is 7.15. The van der Waals surface area contributed by atoms with Gasteiger partial charge in [-0.3, -0.25) is 10.00 Å². The molecular formula is C20H21FN4S. The van der Waals surface area contributed by atoms with E-state index in [-0.39, 0.29) is 5.82 Å². The third kappa shape index (κ3) is 2.87. The molecule has 5 rings (SSSR count). The Hall–Kier alpha value is -2.05. The van der Waals surface area contributed by atoms with Gasteiger partial charge >= 0.3 is 0 Å². The fourth-order valence-corrected chi connectivity index (χ4v) is 5.23. The Labute approximate surface area is 156 Å². The number of H-pyrrole nitrogens is 1. The van der Waals surface area contributed by atoms with Crippen molar-refractivity contribution in [1.82, 2.24) is 20.1 Å². The first-order valence-electron chi connectivity index (χ1n) is 9.29. The zero-order valence-electron chi connectivity index (χ0n) is 14.6. The number of aromatic amines is 1. The van der Waals surface area contributed by atoms with Gasteiger partial charge < -0.3 is 0 Å². The van der Waals surface area contributed by atoms with Crippen LogP contribution in [0.25, 0.3) is 11.3 Å². The van der Waals surface area contributed by atoms with Crippen LogP contribution >= 0.6 is 11.3 Å². The molecule has 0 saturated carbocycles. The number of aromatic nitrogens is 3. The molecule has 4 nitrogen and oxygen atoms in total. The normalized spacial score (nSPS) is 17.1. The molecule has 0 saturated heterocycles. The third-order valence-corrected chi connectivity index (χ3v) is 6.53. The van der Waals surface area contributed by atoms with Crippen molar-refractivity contribution < 1.29 is 4.39 Å². The summed E-state index contributed by atoms with van der Waals surface area (Å²) in [6.45, 7) is 2.65. The molecule has 0 unspecified atom stereocenters. The van der Waals surface area contributed by atoms with Crippen molar-refractivity contribution in [3.8, 4) is 11.3 Å². The maximum absolute atomic E-state index is 14.2. The van der Waals surface area contributed by atoms with Gasteiger partial charge in [0.25, 0.3) is 0 Å². The number of rotatable bonds is 3. The average Bonchev–Trinajstić information content (AvgIpc) is 3.25. The largest absolute Gasteiger partial charge is 0.292 e. The Morgan fingerprint density at radius 3 is 2.92 bits per heavy atom. The maximum Gasteiger partial charge on any atom is 0.132 e. The lowest BCUT2D eigenvalue weighted by atomic mass is 10.0. The van der Waals surface area contributed by atoms with Crippen molar-refractivity contribution in [2.75, 3.05) is 6.54 Å². The van der Waals surface area contributed by atoms with Crippen LogP contribution in [-0.4, -0.2) is 26.6 Å². The molecule has 1 aliphatic carbocycles. The van der Waals surface area contributed by atoms with Crippen LogP contribution in [0.4, 0.5) is 4.39 Å². The molecule has 0 bridgehead atoms. The molecule has 0 amide bonds. The Bertz CT molecular complexity index is 922. The number of hydrogen-bond donors (Lipinski definition) is 1. The third-order valence-electron chi connectivity index (χ3n) is 5.39. The predicted octanol–water partition coefficient (Wildman–Crippen LogP) is 4.11. The van der Waals surface area contributed by atoms with Crippen LogP contribution in [0.2, 0.25) is 0 Å². The van der Waals surface area contributed by atoms with Crippen LogP contribution < -0.4 is 0 Å². The predicted molar refractivity (Wildman–Crippen MR) is 101 cm³/mol. The second kappa shape index (κ2) is 6.59. The van der Waals surface area contributed by atoms with Crippen molar-refractivity contribution >= 4 is 11.3 Å². The van der Waals surface area contributed by atoms with Gasteiger partial charge in [0.1, 0.15) is 10.8 Å². The molecule has 1 N–H and O–H groups in total. The summed E-state index contributed by atoms with van der Waals surface area (Å²) in [6.07, 6.45) is 5.81. The summed E-state index contributed by atoms with van der Waals surface area (Å²) < 4.78 is 14.2. The first-order chi connectivity index (χ1) is 12.8. The van der Waals surface area contributed by atoms with Crippen molar-refractivity contribution in [2.24, 2.45) is 0 Å². The fourth-order valence-electron chi connectivity index (χ4n) is 4.03. The second-order valence-corrected chi connectivity index (χ2v) is 8.32. The van der Waals surface area contributed by atoms with Gasteiger partial charge in [-0.1, -0.05) is 12.1 Å². The van der Waals surface area contributed by atoms with Crippen LogP contribution in [0.1, 0.15) is 39.7 Å². The van der Waals surface area contributed by atoms with Crippen LogP contribution in [0.3, 0.4) is 0 Å². The summed E-state index contributed by atoms with van der Waals surface area (Å²) in [4.78, 5) is 8.77. The number of halogens is 1. The monoisotopic (exact) mass is 368 g/mol. The van der Waals surface area contributed by atoms with E-state index < -0.39 is 0 Å². The minimum Gasteiger partial charge on any atom is -0.292 e. The first kappa shape index (κ1) is 16.1. The molecule has 1 aromatic carbocycles. The van der Waals surface area contributed by atoms with E-state index in [2.05, 4.69) is 15.1 Å². The van der Waals surface area contributed by atoms with Crippen molar-refractivity contribution in [1.29, 1.82) is 0 Å². The summed E-state index contributed by atoms with van der Waals surface area (Å²) in [5.41, 5.74) is 4.92. The number of nitrogens with zero attached hydrogens (tertiary/aromatic N) is 3. The van der Waals surface area contributed by atoms with Crippen molar-refractivity contribution in [3.63, 3.8) is 0 Å². The molecule has 0 fully saturated rings. The molecule has 1 aliphatic heterocycles. The average molecular weight is 368 g/mol. The molecule has 0 radical (unpaired) electrons. The van der Waals surface area contributed by atoms with Crippen LogP contribution in [0.5, 0.6) is 0 Å². The first-order valence-corrected chi connectivity index (χ1v) is 10.1. The highest BCUT2D eigenvalue weighted by Crippen LogP contribution is 2.32. The van der Waals surface area contributed by atoms with E-state index in [0.717, 1.165) is 49.4 Å². The van der Waals surface area contributed by atoms with E-state index in [9.17, 15) is 4.39 Å². The van der Waals surface area contributed by atoms with Crippen molar-refractivity contribution in [3.05, 3.63) is 56.9 Å². The minimum atomic E-state index is -0.216. The van der Waals surface area contributed by atoms with Gasteiger partial charge in [-0.2, -0.15) is 5.10 Å². The smallest absolute Gasteiger partial charge is 0.132 e. The summed E-state index contributed by atoms with van der Waals surface area (Å²) in [5.74, 6) is -0.216. The highest BCUT2D eigenvalue weighted by Gasteiger charge is 2.25. The van der Waals surface area contributed by atoms with Gasteiger partial charge in [-0.15, -0.1) is 11.3 Å². The molecule has 2 aliphatic rings. The number of benzene rings is 1. The SMILES string of the molecule is Fc1ccccc1-c1n[nH]c2c1CN(Cc1nc3c(s1)CCCC3)CC2. The highest BCUT2D eigenvalue weighted by atomic mass is 32.1. The van der Waals surface area contributed by atoms with Crippen LogP contribution in [0.15, 0.2) is 24.3 Å². The molecular weight excluding hydrogens is 347 g/mol. The lowest BCUT2D eigenvalue weighted by Gasteiger charge is -2.26. The summed E-state index contributed by atoms with van der Waals surface area (Å²) in [5, 5.41) is 8.76. The quantitative estimate of drug-likeness (QED) is 0.757. The van der Waals surface area contributed by atoms with E-state index in [1.807, 2.05) is 17.4 Å². The van der Waals surface area contributed by atoms with Gasteiger partial charge in [0, 0.05) is 41.2 Å². The van der Waals surface area contributed by atoms with E-state index in [4.69, 9.17) is 4.98 Å². The van der Waals surface area contributed by atoms with Crippen molar-refractivity contribution in [2.45, 2.75) is 45.2 Å². The number of hydrogen-bond acceptors (Lipinski definition) is 4. The van der Waals surface area contributed by atoms with Crippen LogP contribution in [0, 0.1) is 5.82 Å². The standard InChI is InChI=1S/C20H21FN4S/c21-15-6-2-1-5-13(15)20-14-11-25(10-9-16(14)23-24-20)12-19-22-17-7-3-4-8-18(17)26-19/h1-2,5-6H,3-4,7-12H2,(H,23,24). The van der Waals surface area contributed by atoms with Crippen LogP contribution in [-0.2, 0) is 32.4 Å². The Morgan fingerprint density at radius 1 is 1.15 bits per heavy atom. The molecule has 3 heterocycles. The summed E-state index contributed by atoms with van der Waals surface area (Å²) in [7, 11) is 0. The minimum absolute atomic E-state index is 0.216. The van der Waals surface area contributed by atoms with E-state index in [0.29, 0.717) is 5.56 Å². The topological polar surface area (TPSA) is 44.8 Å². The number of fused-ring (bicyclic) bond motifs is 2. The van der Waals surface area contributed by atoms with Gasteiger partial charge in [0.15, 0.2) is 0 Å².